The van der Waals surface area contributed by atoms with Crippen molar-refractivity contribution in [1.29, 1.82) is 5.26 Å². The molecule has 7 nitrogen and oxygen atoms in total. The van der Waals surface area contributed by atoms with Crippen LogP contribution >= 0.6 is 0 Å². The van der Waals surface area contributed by atoms with Gasteiger partial charge in [0.25, 0.3) is 5.69 Å². The van der Waals surface area contributed by atoms with Crippen LogP contribution < -0.4 is 14.8 Å². The molecular formula is C24H17N3O4. The van der Waals surface area contributed by atoms with Crippen molar-refractivity contribution in [2.24, 2.45) is 0 Å². The van der Waals surface area contributed by atoms with Gasteiger partial charge in [0.05, 0.1) is 10.6 Å². The van der Waals surface area contributed by atoms with Crippen molar-refractivity contribution in [1.82, 2.24) is 5.32 Å². The van der Waals surface area contributed by atoms with Gasteiger partial charge in [-0.15, -0.1) is 0 Å². The lowest BCUT2D eigenvalue weighted by Gasteiger charge is -2.20. The van der Waals surface area contributed by atoms with Gasteiger partial charge in [-0.25, -0.2) is 0 Å². The molecule has 31 heavy (non-hydrogen) atoms. The summed E-state index contributed by atoms with van der Waals surface area (Å²) in [5.74, 6) is 2.24. The summed E-state index contributed by atoms with van der Waals surface area (Å²) in [6.45, 7) is 0.477. The van der Waals surface area contributed by atoms with Crippen LogP contribution in [0.25, 0.3) is 5.70 Å². The summed E-state index contributed by atoms with van der Waals surface area (Å²) in [4.78, 5) is 10.3. The third-order valence-electron chi connectivity index (χ3n) is 4.57. The Morgan fingerprint density at radius 1 is 0.871 bits per heavy atom. The van der Waals surface area contributed by atoms with Crippen molar-refractivity contribution in [3.05, 3.63) is 112 Å². The zero-order valence-electron chi connectivity index (χ0n) is 16.3. The molecule has 0 fully saturated rings. The minimum absolute atomic E-state index is 0.0267. The molecule has 152 valence electrons. The highest BCUT2D eigenvalue weighted by Gasteiger charge is 2.20. The van der Waals surface area contributed by atoms with E-state index in [1.807, 2.05) is 54.6 Å². The molecule has 0 saturated carbocycles. The number of hydrogen-bond acceptors (Lipinski definition) is 6. The molecule has 3 aromatic carbocycles. The summed E-state index contributed by atoms with van der Waals surface area (Å²) in [6, 6.07) is 24.8. The largest absolute Gasteiger partial charge is 0.457 e. The third-order valence-corrected chi connectivity index (χ3v) is 4.57. The predicted molar refractivity (Wildman–Crippen MR) is 115 cm³/mol. The summed E-state index contributed by atoms with van der Waals surface area (Å²) >= 11 is 0. The molecule has 1 N–H and O–H groups in total. The summed E-state index contributed by atoms with van der Waals surface area (Å²) in [5, 5.41) is 23.8. The number of para-hydroxylation sites is 1. The number of nitrogens with zero attached hydrogens (tertiary/aromatic N) is 2. The van der Waals surface area contributed by atoms with Gasteiger partial charge in [-0.05, 0) is 60.2 Å². The number of allylic oxidation sites excluding steroid dienone is 1. The molecule has 0 atom stereocenters. The Kier molecular flexibility index (Phi) is 5.63. The Hall–Kier alpha value is -4.57. The lowest BCUT2D eigenvalue weighted by molar-refractivity contribution is -0.384. The maximum absolute atomic E-state index is 10.8. The van der Waals surface area contributed by atoms with Gasteiger partial charge in [-0.2, -0.15) is 5.26 Å². The lowest BCUT2D eigenvalue weighted by Crippen LogP contribution is -2.21. The molecule has 0 bridgehead atoms. The molecule has 7 heteroatoms. The van der Waals surface area contributed by atoms with E-state index in [1.54, 1.807) is 6.08 Å². The van der Waals surface area contributed by atoms with E-state index in [0.29, 0.717) is 35.1 Å². The van der Waals surface area contributed by atoms with E-state index in [-0.39, 0.29) is 5.69 Å². The second-order valence-corrected chi connectivity index (χ2v) is 6.60. The van der Waals surface area contributed by atoms with E-state index in [2.05, 4.69) is 11.4 Å². The Bertz CT molecular complexity index is 1190. The number of dihydropyridines is 1. The first-order valence-corrected chi connectivity index (χ1v) is 9.48. The fraction of sp³-hybridized carbons (Fsp3) is 0.0417. The first kappa shape index (κ1) is 19.7. The molecule has 1 aliphatic heterocycles. The van der Waals surface area contributed by atoms with Crippen molar-refractivity contribution < 1.29 is 14.4 Å². The maximum Gasteiger partial charge on any atom is 0.269 e. The average Bonchev–Trinajstić information content (AvgIpc) is 2.80. The smallest absolute Gasteiger partial charge is 0.269 e. The van der Waals surface area contributed by atoms with E-state index in [4.69, 9.17) is 9.47 Å². The third kappa shape index (κ3) is 4.54. The van der Waals surface area contributed by atoms with Gasteiger partial charge in [0, 0.05) is 18.7 Å². The Labute approximate surface area is 178 Å². The summed E-state index contributed by atoms with van der Waals surface area (Å²) < 4.78 is 11.7. The Morgan fingerprint density at radius 3 is 2.13 bits per heavy atom. The first-order chi connectivity index (χ1) is 15.1. The molecule has 0 aromatic heterocycles. The van der Waals surface area contributed by atoms with Crippen LogP contribution in [0.15, 0.2) is 96.3 Å². The highest BCUT2D eigenvalue weighted by molar-refractivity contribution is 5.76. The molecule has 1 aliphatic rings. The van der Waals surface area contributed by atoms with Crippen LogP contribution in [-0.2, 0) is 0 Å². The number of rotatable bonds is 6. The van der Waals surface area contributed by atoms with Gasteiger partial charge < -0.3 is 14.8 Å². The first-order valence-electron chi connectivity index (χ1n) is 9.48. The molecule has 0 aliphatic carbocycles. The fourth-order valence-corrected chi connectivity index (χ4v) is 3.09. The number of non-ortho nitro benzene ring substituents is 1. The molecule has 0 radical (unpaired) electrons. The normalized spacial score (nSPS) is 12.9. The lowest BCUT2D eigenvalue weighted by atomic mass is 10.0. The van der Waals surface area contributed by atoms with Crippen LogP contribution in [0.3, 0.4) is 0 Å². The van der Waals surface area contributed by atoms with E-state index in [1.165, 1.54) is 24.3 Å². The molecule has 4 rings (SSSR count). The van der Waals surface area contributed by atoms with Gasteiger partial charge >= 0.3 is 0 Å². The Balaban J connectivity index is 1.55. The number of nitro groups is 1. The molecule has 0 saturated heterocycles. The number of hydrogen-bond donors (Lipinski definition) is 1. The van der Waals surface area contributed by atoms with Crippen LogP contribution in [0.2, 0.25) is 0 Å². The van der Waals surface area contributed by atoms with Crippen LogP contribution in [0.4, 0.5) is 5.69 Å². The topological polar surface area (TPSA) is 97.4 Å². The van der Waals surface area contributed by atoms with E-state index in [0.717, 1.165) is 11.3 Å². The van der Waals surface area contributed by atoms with Gasteiger partial charge in [0.2, 0.25) is 0 Å². The van der Waals surface area contributed by atoms with Crippen LogP contribution in [-0.4, -0.2) is 11.5 Å². The number of nitro benzene ring substituents is 1. The van der Waals surface area contributed by atoms with Crippen molar-refractivity contribution in [2.75, 3.05) is 6.54 Å². The SMILES string of the molecule is N#CC1=C(c2ccc(Oc3ccccc3)cc2)NCC=C1Oc1ccc([N+](=O)[O-])cc1. The van der Waals surface area contributed by atoms with Crippen LogP contribution in [0, 0.1) is 21.4 Å². The van der Waals surface area contributed by atoms with Crippen molar-refractivity contribution >= 4 is 11.4 Å². The van der Waals surface area contributed by atoms with Crippen LogP contribution in [0.5, 0.6) is 17.2 Å². The zero-order chi connectivity index (χ0) is 21.6. The minimum atomic E-state index is -0.475. The summed E-state index contributed by atoms with van der Waals surface area (Å²) in [7, 11) is 0. The molecule has 0 unspecified atom stereocenters. The van der Waals surface area contributed by atoms with Gasteiger partial charge in [-0.3, -0.25) is 10.1 Å². The number of ether oxygens (including phenoxy) is 2. The average molecular weight is 411 g/mol. The molecule has 3 aromatic rings. The minimum Gasteiger partial charge on any atom is -0.457 e. The quantitative estimate of drug-likeness (QED) is 0.443. The van der Waals surface area contributed by atoms with Gasteiger partial charge in [0.15, 0.2) is 0 Å². The number of benzene rings is 3. The molecule has 1 heterocycles. The second-order valence-electron chi connectivity index (χ2n) is 6.60. The Morgan fingerprint density at radius 2 is 1.48 bits per heavy atom. The predicted octanol–water partition coefficient (Wildman–Crippen LogP) is 5.19. The summed E-state index contributed by atoms with van der Waals surface area (Å²) in [5.41, 5.74) is 1.78. The van der Waals surface area contributed by atoms with Crippen molar-refractivity contribution in [2.45, 2.75) is 0 Å². The number of nitrogens with one attached hydrogen (secondary N) is 1. The summed E-state index contributed by atoms with van der Waals surface area (Å²) in [6.07, 6.45) is 1.76. The highest BCUT2D eigenvalue weighted by Crippen LogP contribution is 2.29. The van der Waals surface area contributed by atoms with E-state index < -0.39 is 4.92 Å². The fourth-order valence-electron chi connectivity index (χ4n) is 3.09. The van der Waals surface area contributed by atoms with E-state index in [9.17, 15) is 15.4 Å². The molecule has 0 amide bonds. The van der Waals surface area contributed by atoms with Crippen LogP contribution in [0.1, 0.15) is 5.56 Å². The van der Waals surface area contributed by atoms with Crippen molar-refractivity contribution in [3.8, 4) is 23.3 Å². The van der Waals surface area contributed by atoms with Gasteiger partial charge in [0.1, 0.15) is 34.7 Å². The maximum atomic E-state index is 10.8. The number of nitriles is 1. The highest BCUT2D eigenvalue weighted by atomic mass is 16.6. The van der Waals surface area contributed by atoms with Gasteiger partial charge in [-0.1, -0.05) is 18.2 Å². The zero-order valence-corrected chi connectivity index (χ0v) is 16.3. The molecular weight excluding hydrogens is 394 g/mol. The van der Waals surface area contributed by atoms with E-state index >= 15 is 0 Å². The monoisotopic (exact) mass is 411 g/mol. The molecule has 0 spiro atoms. The second kappa shape index (κ2) is 8.84. The van der Waals surface area contributed by atoms with Crippen molar-refractivity contribution in [3.63, 3.8) is 0 Å². The standard InChI is InChI=1S/C24H17N3O4/c25-16-22-23(31-21-12-8-18(9-13-21)27(28)29)14-15-26-24(22)17-6-10-20(11-7-17)30-19-4-2-1-3-5-19/h1-14,26H,15H2.